The fourth-order valence-corrected chi connectivity index (χ4v) is 1.58. The third kappa shape index (κ3) is 5.05. The van der Waals surface area contributed by atoms with Crippen molar-refractivity contribution >= 4 is 11.6 Å². The van der Waals surface area contributed by atoms with Crippen LogP contribution in [-0.4, -0.2) is 25.1 Å². The summed E-state index contributed by atoms with van der Waals surface area (Å²) in [7, 11) is 0. The number of rotatable bonds is 7. The summed E-state index contributed by atoms with van der Waals surface area (Å²) < 4.78 is 5.54. The molecule has 0 spiro atoms. The molecule has 0 saturated carbocycles. The number of benzene rings is 1. The first kappa shape index (κ1) is 12.3. The second kappa shape index (κ2) is 7.55. The molecule has 0 aliphatic heterocycles. The van der Waals surface area contributed by atoms with Gasteiger partial charge in [0.25, 0.3) is 0 Å². The lowest BCUT2D eigenvalue weighted by Crippen LogP contribution is -2.33. The van der Waals surface area contributed by atoms with E-state index in [4.69, 9.17) is 16.3 Å². The van der Waals surface area contributed by atoms with Crippen molar-refractivity contribution in [3.63, 3.8) is 0 Å². The molecule has 84 valence electrons. The number of alkyl halides is 1. The van der Waals surface area contributed by atoms with Crippen LogP contribution in [0.1, 0.15) is 13.3 Å². The van der Waals surface area contributed by atoms with Gasteiger partial charge in [0.2, 0.25) is 0 Å². The van der Waals surface area contributed by atoms with Gasteiger partial charge < -0.3 is 10.1 Å². The van der Waals surface area contributed by atoms with Crippen LogP contribution < -0.4 is 10.1 Å². The Hall–Kier alpha value is -0.730. The van der Waals surface area contributed by atoms with Gasteiger partial charge in [-0.05, 0) is 18.6 Å². The predicted octanol–water partition coefficient (Wildman–Crippen LogP) is 2.67. The molecule has 0 fully saturated rings. The zero-order valence-electron chi connectivity index (χ0n) is 9.08. The van der Waals surface area contributed by atoms with Crippen LogP contribution in [0.3, 0.4) is 0 Å². The molecule has 0 aromatic heterocycles. The summed E-state index contributed by atoms with van der Waals surface area (Å²) in [5, 5.41) is 3.33. The molecular formula is C12H18ClNO. The van der Waals surface area contributed by atoms with E-state index >= 15 is 0 Å². The fourth-order valence-electron chi connectivity index (χ4n) is 1.26. The maximum Gasteiger partial charge on any atom is 0.119 e. The number of para-hydroxylation sites is 1. The van der Waals surface area contributed by atoms with Crippen molar-refractivity contribution in [1.82, 2.24) is 5.32 Å². The second-order valence-corrected chi connectivity index (χ2v) is 3.68. The third-order valence-corrected chi connectivity index (χ3v) is 2.60. The molecule has 0 aliphatic carbocycles. The maximum absolute atomic E-state index is 5.76. The van der Waals surface area contributed by atoms with E-state index in [9.17, 15) is 0 Å². The molecule has 1 N–H and O–H groups in total. The summed E-state index contributed by atoms with van der Waals surface area (Å²) in [5.41, 5.74) is 0. The SMILES string of the molecule is CCC(CCl)NCCOc1ccccc1. The van der Waals surface area contributed by atoms with Gasteiger partial charge in [-0.1, -0.05) is 25.1 Å². The van der Waals surface area contributed by atoms with E-state index in [1.807, 2.05) is 30.3 Å². The summed E-state index contributed by atoms with van der Waals surface area (Å²) in [6.07, 6.45) is 1.05. The van der Waals surface area contributed by atoms with Crippen molar-refractivity contribution in [1.29, 1.82) is 0 Å². The Morgan fingerprint density at radius 3 is 2.67 bits per heavy atom. The van der Waals surface area contributed by atoms with Crippen LogP contribution in [0.25, 0.3) is 0 Å². The van der Waals surface area contributed by atoms with Crippen molar-refractivity contribution in [2.45, 2.75) is 19.4 Å². The molecule has 0 bridgehead atoms. The maximum atomic E-state index is 5.76. The zero-order valence-corrected chi connectivity index (χ0v) is 9.83. The summed E-state index contributed by atoms with van der Waals surface area (Å²) in [6, 6.07) is 10.2. The zero-order chi connectivity index (χ0) is 10.9. The van der Waals surface area contributed by atoms with Gasteiger partial charge in [0.05, 0.1) is 0 Å². The molecular weight excluding hydrogens is 210 g/mol. The Balaban J connectivity index is 2.12. The first-order valence-electron chi connectivity index (χ1n) is 5.34. The van der Waals surface area contributed by atoms with Crippen LogP contribution in [0.15, 0.2) is 30.3 Å². The van der Waals surface area contributed by atoms with Crippen molar-refractivity contribution in [3.8, 4) is 5.75 Å². The minimum atomic E-state index is 0.394. The highest BCUT2D eigenvalue weighted by Crippen LogP contribution is 2.07. The van der Waals surface area contributed by atoms with E-state index in [1.165, 1.54) is 0 Å². The molecule has 1 atom stereocenters. The minimum absolute atomic E-state index is 0.394. The highest BCUT2D eigenvalue weighted by Gasteiger charge is 2.01. The highest BCUT2D eigenvalue weighted by molar-refractivity contribution is 6.18. The first-order chi connectivity index (χ1) is 7.36. The molecule has 0 aliphatic rings. The first-order valence-corrected chi connectivity index (χ1v) is 5.87. The van der Waals surface area contributed by atoms with Gasteiger partial charge in [0.15, 0.2) is 0 Å². The number of ether oxygens (including phenoxy) is 1. The lowest BCUT2D eigenvalue weighted by molar-refractivity contribution is 0.306. The van der Waals surface area contributed by atoms with Gasteiger partial charge in [0.1, 0.15) is 12.4 Å². The van der Waals surface area contributed by atoms with E-state index in [-0.39, 0.29) is 0 Å². The largest absolute Gasteiger partial charge is 0.492 e. The summed E-state index contributed by atoms with van der Waals surface area (Å²) in [5.74, 6) is 1.57. The normalized spacial score (nSPS) is 12.4. The molecule has 0 amide bonds. The van der Waals surface area contributed by atoms with Crippen LogP contribution in [-0.2, 0) is 0 Å². The Labute approximate surface area is 96.6 Å². The van der Waals surface area contributed by atoms with Gasteiger partial charge in [0, 0.05) is 18.5 Å². The van der Waals surface area contributed by atoms with Gasteiger partial charge in [-0.25, -0.2) is 0 Å². The van der Waals surface area contributed by atoms with E-state index in [1.54, 1.807) is 0 Å². The van der Waals surface area contributed by atoms with Crippen LogP contribution in [0, 0.1) is 0 Å². The topological polar surface area (TPSA) is 21.3 Å². The van der Waals surface area contributed by atoms with E-state index in [0.29, 0.717) is 18.5 Å². The van der Waals surface area contributed by atoms with E-state index in [2.05, 4.69) is 12.2 Å². The standard InChI is InChI=1S/C12H18ClNO/c1-2-11(10-13)14-8-9-15-12-6-4-3-5-7-12/h3-7,11,14H,2,8-10H2,1H3. The monoisotopic (exact) mass is 227 g/mol. The summed E-state index contributed by atoms with van der Waals surface area (Å²) >= 11 is 5.76. The molecule has 0 radical (unpaired) electrons. The average Bonchev–Trinajstić information content (AvgIpc) is 2.31. The van der Waals surface area contributed by atoms with E-state index < -0.39 is 0 Å². The molecule has 3 heteroatoms. The number of halogens is 1. The smallest absolute Gasteiger partial charge is 0.119 e. The highest BCUT2D eigenvalue weighted by atomic mass is 35.5. The van der Waals surface area contributed by atoms with Gasteiger partial charge in [-0.3, -0.25) is 0 Å². The summed E-state index contributed by atoms with van der Waals surface area (Å²) in [4.78, 5) is 0. The molecule has 1 unspecified atom stereocenters. The molecule has 2 nitrogen and oxygen atoms in total. The lowest BCUT2D eigenvalue weighted by Gasteiger charge is -2.13. The van der Waals surface area contributed by atoms with Crippen LogP contribution in [0.2, 0.25) is 0 Å². The Bertz CT molecular complexity index is 249. The Kier molecular flexibility index (Phi) is 6.21. The molecule has 1 aromatic carbocycles. The Morgan fingerprint density at radius 2 is 2.07 bits per heavy atom. The second-order valence-electron chi connectivity index (χ2n) is 3.38. The third-order valence-electron chi connectivity index (χ3n) is 2.23. The molecule has 1 aromatic rings. The summed E-state index contributed by atoms with van der Waals surface area (Å²) in [6.45, 7) is 3.63. The predicted molar refractivity (Wildman–Crippen MR) is 64.7 cm³/mol. The Morgan fingerprint density at radius 1 is 1.33 bits per heavy atom. The van der Waals surface area contributed by atoms with Gasteiger partial charge in [-0.2, -0.15) is 0 Å². The quantitative estimate of drug-likeness (QED) is 0.571. The number of nitrogens with one attached hydrogen (secondary N) is 1. The van der Waals surface area contributed by atoms with Crippen LogP contribution in [0.5, 0.6) is 5.75 Å². The van der Waals surface area contributed by atoms with Gasteiger partial charge in [-0.15, -0.1) is 11.6 Å². The van der Waals surface area contributed by atoms with Crippen LogP contribution >= 0.6 is 11.6 Å². The van der Waals surface area contributed by atoms with Crippen molar-refractivity contribution in [2.75, 3.05) is 19.0 Å². The van der Waals surface area contributed by atoms with Crippen molar-refractivity contribution < 1.29 is 4.74 Å². The average molecular weight is 228 g/mol. The molecule has 15 heavy (non-hydrogen) atoms. The molecule has 1 rings (SSSR count). The number of hydrogen-bond acceptors (Lipinski definition) is 2. The molecule has 0 heterocycles. The van der Waals surface area contributed by atoms with Crippen molar-refractivity contribution in [2.24, 2.45) is 0 Å². The van der Waals surface area contributed by atoms with E-state index in [0.717, 1.165) is 18.7 Å². The van der Waals surface area contributed by atoms with Gasteiger partial charge >= 0.3 is 0 Å². The van der Waals surface area contributed by atoms with Crippen LogP contribution in [0.4, 0.5) is 0 Å². The minimum Gasteiger partial charge on any atom is -0.492 e. The lowest BCUT2D eigenvalue weighted by atomic mass is 10.2. The van der Waals surface area contributed by atoms with Crippen molar-refractivity contribution in [3.05, 3.63) is 30.3 Å². The number of hydrogen-bond donors (Lipinski definition) is 1. The molecule has 0 saturated heterocycles. The fraction of sp³-hybridized carbons (Fsp3) is 0.500.